The van der Waals surface area contributed by atoms with Crippen molar-refractivity contribution >= 4 is 5.97 Å². The van der Waals surface area contributed by atoms with Gasteiger partial charge < -0.3 is 14.2 Å². The molecule has 0 radical (unpaired) electrons. The maximum Gasteiger partial charge on any atom is 0.343 e. The van der Waals surface area contributed by atoms with Crippen LogP contribution >= 0.6 is 0 Å². The van der Waals surface area contributed by atoms with Crippen LogP contribution in [0.4, 0.5) is 0 Å². The van der Waals surface area contributed by atoms with Gasteiger partial charge in [0.05, 0.1) is 18.8 Å². The van der Waals surface area contributed by atoms with E-state index in [0.29, 0.717) is 17.9 Å². The summed E-state index contributed by atoms with van der Waals surface area (Å²) in [5.41, 5.74) is 0.514. The molecule has 0 spiro atoms. The molecule has 0 aliphatic heterocycles. The zero-order valence-electron chi connectivity index (χ0n) is 26.8. The number of esters is 1. The Morgan fingerprint density at radius 3 is 1.62 bits per heavy atom. The van der Waals surface area contributed by atoms with Gasteiger partial charge in [0.1, 0.15) is 17.2 Å². The first-order valence-electron chi connectivity index (χ1n) is 17.4. The Labute approximate surface area is 256 Å². The zero-order valence-corrected chi connectivity index (χ0v) is 26.8. The van der Waals surface area contributed by atoms with Gasteiger partial charge >= 0.3 is 5.97 Å². The third kappa shape index (κ3) is 13.7. The number of hydrogen-bond acceptors (Lipinski definition) is 4. The van der Waals surface area contributed by atoms with Gasteiger partial charge in [0.2, 0.25) is 0 Å². The number of carbonyl (C=O) groups excluding carboxylic acids is 1. The lowest BCUT2D eigenvalue weighted by atomic mass is 9.74. The Bertz CT molecular complexity index is 952. The Kier molecular flexibility index (Phi) is 17.2. The average Bonchev–Trinajstić information content (AvgIpc) is 3.02. The van der Waals surface area contributed by atoms with Crippen molar-refractivity contribution in [2.24, 2.45) is 11.8 Å². The zero-order chi connectivity index (χ0) is 29.7. The van der Waals surface area contributed by atoms with Crippen LogP contribution in [-0.4, -0.2) is 19.2 Å². The molecule has 2 unspecified atom stereocenters. The van der Waals surface area contributed by atoms with Crippen molar-refractivity contribution in [1.29, 1.82) is 0 Å². The van der Waals surface area contributed by atoms with Gasteiger partial charge in [0, 0.05) is 0 Å². The molecule has 0 N–H and O–H groups in total. The van der Waals surface area contributed by atoms with Crippen molar-refractivity contribution in [3.63, 3.8) is 0 Å². The molecule has 2 atom stereocenters. The lowest BCUT2D eigenvalue weighted by Crippen LogP contribution is -2.20. The van der Waals surface area contributed by atoms with E-state index < -0.39 is 0 Å². The molecule has 2 aromatic carbocycles. The molecule has 42 heavy (non-hydrogen) atoms. The molecule has 4 heteroatoms. The predicted molar refractivity (Wildman–Crippen MR) is 175 cm³/mol. The highest BCUT2D eigenvalue weighted by atomic mass is 16.5. The van der Waals surface area contributed by atoms with Crippen molar-refractivity contribution in [1.82, 2.24) is 0 Å². The quantitative estimate of drug-likeness (QED) is 0.0792. The van der Waals surface area contributed by atoms with Gasteiger partial charge in [-0.25, -0.2) is 4.79 Å². The van der Waals surface area contributed by atoms with E-state index >= 15 is 0 Å². The summed E-state index contributed by atoms with van der Waals surface area (Å²) < 4.78 is 17.5. The number of hydrogen-bond donors (Lipinski definition) is 0. The number of unbranched alkanes of at least 4 members (excludes halogenated alkanes) is 10. The van der Waals surface area contributed by atoms with Crippen LogP contribution in [0.5, 0.6) is 17.2 Å². The minimum Gasteiger partial charge on any atom is -0.494 e. The SMILES string of the molecule is CCCCCCCCCOc1ccc(C(=O)Oc2ccc(OCCCC3CCCCC3CCCCCCC)cc2)cc1. The second kappa shape index (κ2) is 21.2. The first-order valence-corrected chi connectivity index (χ1v) is 17.4. The summed E-state index contributed by atoms with van der Waals surface area (Å²) in [5, 5.41) is 0. The lowest BCUT2D eigenvalue weighted by Gasteiger charge is -2.31. The van der Waals surface area contributed by atoms with E-state index in [2.05, 4.69) is 13.8 Å². The summed E-state index contributed by atoms with van der Waals surface area (Å²) in [4.78, 5) is 12.6. The second-order valence-corrected chi connectivity index (χ2v) is 12.4. The van der Waals surface area contributed by atoms with E-state index in [1.54, 1.807) is 12.1 Å². The van der Waals surface area contributed by atoms with Crippen molar-refractivity contribution in [3.05, 3.63) is 54.1 Å². The van der Waals surface area contributed by atoms with Gasteiger partial charge in [-0.1, -0.05) is 117 Å². The number of benzene rings is 2. The third-order valence-corrected chi connectivity index (χ3v) is 8.87. The fourth-order valence-electron chi connectivity index (χ4n) is 6.30. The lowest BCUT2D eigenvalue weighted by molar-refractivity contribution is 0.0734. The van der Waals surface area contributed by atoms with E-state index in [0.717, 1.165) is 42.8 Å². The van der Waals surface area contributed by atoms with Gasteiger partial charge in [0.25, 0.3) is 0 Å². The monoisotopic (exact) mass is 578 g/mol. The fraction of sp³-hybridized carbons (Fsp3) is 0.658. The molecule has 1 aliphatic carbocycles. The smallest absolute Gasteiger partial charge is 0.343 e. The van der Waals surface area contributed by atoms with Crippen molar-refractivity contribution < 1.29 is 19.0 Å². The highest BCUT2D eigenvalue weighted by Crippen LogP contribution is 2.36. The molecule has 0 heterocycles. The Hall–Kier alpha value is -2.49. The minimum absolute atomic E-state index is 0.366. The summed E-state index contributed by atoms with van der Waals surface area (Å²) in [7, 11) is 0. The summed E-state index contributed by atoms with van der Waals surface area (Å²) in [6.07, 6.45) is 25.2. The van der Waals surface area contributed by atoms with Crippen LogP contribution in [0.3, 0.4) is 0 Å². The van der Waals surface area contributed by atoms with Crippen LogP contribution in [0.2, 0.25) is 0 Å². The number of ether oxygens (including phenoxy) is 3. The Morgan fingerprint density at radius 2 is 1.02 bits per heavy atom. The van der Waals surface area contributed by atoms with Crippen LogP contribution in [0.1, 0.15) is 146 Å². The topological polar surface area (TPSA) is 44.8 Å². The molecule has 2 aromatic rings. The molecule has 0 bridgehead atoms. The summed E-state index contributed by atoms with van der Waals surface area (Å²) >= 11 is 0. The van der Waals surface area contributed by atoms with Gasteiger partial charge in [-0.15, -0.1) is 0 Å². The van der Waals surface area contributed by atoms with E-state index in [1.807, 2.05) is 36.4 Å². The molecule has 0 saturated heterocycles. The normalized spacial score (nSPS) is 16.7. The number of rotatable bonds is 22. The van der Waals surface area contributed by atoms with Crippen LogP contribution in [0.25, 0.3) is 0 Å². The molecule has 1 fully saturated rings. The molecule has 4 nitrogen and oxygen atoms in total. The largest absolute Gasteiger partial charge is 0.494 e. The molecular weight excluding hydrogens is 520 g/mol. The highest BCUT2D eigenvalue weighted by molar-refractivity contribution is 5.91. The maximum atomic E-state index is 12.6. The molecular formula is C38H58O4. The van der Waals surface area contributed by atoms with Gasteiger partial charge in [-0.2, -0.15) is 0 Å². The number of carbonyl (C=O) groups is 1. The predicted octanol–water partition coefficient (Wildman–Crippen LogP) is 11.4. The maximum absolute atomic E-state index is 12.6. The molecule has 0 amide bonds. The van der Waals surface area contributed by atoms with Gasteiger partial charge in [-0.05, 0) is 79.6 Å². The summed E-state index contributed by atoms with van der Waals surface area (Å²) in [5.74, 6) is 3.58. The third-order valence-electron chi connectivity index (χ3n) is 8.87. The van der Waals surface area contributed by atoms with Crippen molar-refractivity contribution in [2.75, 3.05) is 13.2 Å². The second-order valence-electron chi connectivity index (χ2n) is 12.4. The molecule has 1 saturated carbocycles. The van der Waals surface area contributed by atoms with Crippen LogP contribution in [-0.2, 0) is 0 Å². The van der Waals surface area contributed by atoms with Gasteiger partial charge in [0.15, 0.2) is 0 Å². The molecule has 234 valence electrons. The van der Waals surface area contributed by atoms with Gasteiger partial charge in [-0.3, -0.25) is 0 Å². The summed E-state index contributed by atoms with van der Waals surface area (Å²) in [6, 6.07) is 14.6. The van der Waals surface area contributed by atoms with Crippen LogP contribution in [0.15, 0.2) is 48.5 Å². The highest BCUT2D eigenvalue weighted by Gasteiger charge is 2.24. The van der Waals surface area contributed by atoms with E-state index in [4.69, 9.17) is 14.2 Å². The standard InChI is InChI=1S/C38H58O4/c1-3-5-7-9-10-12-16-30-40-35-24-22-34(23-25-35)38(39)42-37-28-26-36(27-29-37)41-31-17-21-33-20-15-14-19-32(33)18-13-11-8-6-4-2/h22-29,32-33H,3-21,30-31H2,1-2H3. The average molecular weight is 579 g/mol. The fourth-order valence-corrected chi connectivity index (χ4v) is 6.30. The Morgan fingerprint density at radius 1 is 0.571 bits per heavy atom. The molecule has 0 aromatic heterocycles. The van der Waals surface area contributed by atoms with Crippen molar-refractivity contribution in [3.8, 4) is 17.2 Å². The van der Waals surface area contributed by atoms with E-state index in [9.17, 15) is 4.79 Å². The first kappa shape index (κ1) is 34.0. The first-order chi connectivity index (χ1) is 20.7. The summed E-state index contributed by atoms with van der Waals surface area (Å²) in [6.45, 7) is 5.99. The van der Waals surface area contributed by atoms with E-state index in [-0.39, 0.29) is 5.97 Å². The minimum atomic E-state index is -0.366. The van der Waals surface area contributed by atoms with Crippen molar-refractivity contribution in [2.45, 2.75) is 136 Å². The molecule has 1 aliphatic rings. The van der Waals surface area contributed by atoms with E-state index in [1.165, 1.54) is 109 Å². The van der Waals surface area contributed by atoms with Crippen LogP contribution in [0, 0.1) is 11.8 Å². The van der Waals surface area contributed by atoms with Crippen LogP contribution < -0.4 is 14.2 Å². The molecule has 3 rings (SSSR count). The Balaban J connectivity index is 1.30.